The van der Waals surface area contributed by atoms with Gasteiger partial charge in [0.15, 0.2) is 9.04 Å². The number of benzene rings is 1. The number of nitriles is 1. The van der Waals surface area contributed by atoms with Crippen molar-refractivity contribution in [3.05, 3.63) is 59.5 Å². The second-order valence-electron chi connectivity index (χ2n) is 5.99. The first-order valence-electron chi connectivity index (χ1n) is 8.64. The topological polar surface area (TPSA) is 56.9 Å². The molecule has 0 bridgehead atoms. The van der Waals surface area contributed by atoms with Gasteiger partial charge >= 0.3 is 0 Å². The summed E-state index contributed by atoms with van der Waals surface area (Å²) in [5, 5.41) is 13.2. The first kappa shape index (κ1) is 20.1. The van der Waals surface area contributed by atoms with E-state index >= 15 is 0 Å². The lowest BCUT2D eigenvalue weighted by atomic mass is 10.0. The third kappa shape index (κ3) is 5.22. The van der Waals surface area contributed by atoms with Crippen LogP contribution in [0.3, 0.4) is 0 Å². The van der Waals surface area contributed by atoms with Crippen LogP contribution in [0.1, 0.15) is 12.0 Å². The number of hydrogen-bond donors (Lipinski definition) is 1. The molecule has 2 heterocycles. The lowest BCUT2D eigenvalue weighted by Crippen LogP contribution is -2.16. The average Bonchev–Trinajstić information content (AvgIpc) is 3.25. The number of aromatic nitrogens is 1. The van der Waals surface area contributed by atoms with Crippen molar-refractivity contribution < 1.29 is 4.80 Å². The van der Waals surface area contributed by atoms with Gasteiger partial charge in [0.2, 0.25) is 0 Å². The van der Waals surface area contributed by atoms with E-state index in [1.807, 2.05) is 53.9 Å². The predicted molar refractivity (Wildman–Crippen MR) is 118 cm³/mol. The van der Waals surface area contributed by atoms with Crippen molar-refractivity contribution >= 4 is 43.7 Å². The Morgan fingerprint density at radius 1 is 1.22 bits per heavy atom. The number of thiophene rings is 1. The van der Waals surface area contributed by atoms with E-state index in [4.69, 9.17) is 16.6 Å². The maximum atomic E-state index is 10.3. The summed E-state index contributed by atoms with van der Waals surface area (Å²) in [5.74, 6) is 0.572. The molecule has 7 heteroatoms. The van der Waals surface area contributed by atoms with Crippen LogP contribution < -0.4 is 0 Å². The predicted octanol–water partition coefficient (Wildman–Crippen LogP) is 5.33. The summed E-state index contributed by atoms with van der Waals surface area (Å²) in [6, 6.07) is 19.1. The minimum Gasteiger partial charge on any atom is -0.434 e. The molecular weight excluding hydrogens is 412 g/mol. The van der Waals surface area contributed by atoms with Gasteiger partial charge in [-0.25, -0.2) is 4.98 Å². The fourth-order valence-electron chi connectivity index (χ4n) is 2.70. The molecule has 0 aliphatic rings. The summed E-state index contributed by atoms with van der Waals surface area (Å²) in [5.41, 5.74) is 3.32. The summed E-state index contributed by atoms with van der Waals surface area (Å²) in [7, 11) is -1.86. The number of nitrogens with zero attached hydrogens (tertiary/aromatic N) is 2. The van der Waals surface area contributed by atoms with Crippen molar-refractivity contribution in [2.24, 2.45) is 0 Å². The molecule has 1 N–H and O–H groups in total. The van der Waals surface area contributed by atoms with Gasteiger partial charge in [-0.05, 0) is 35.5 Å². The van der Waals surface area contributed by atoms with Crippen LogP contribution in [0.2, 0.25) is 6.04 Å². The van der Waals surface area contributed by atoms with Gasteiger partial charge in [-0.1, -0.05) is 36.4 Å². The molecule has 0 fully saturated rings. The van der Waals surface area contributed by atoms with E-state index in [1.54, 1.807) is 11.3 Å². The van der Waals surface area contributed by atoms with Crippen molar-refractivity contribution in [2.75, 3.05) is 11.3 Å². The fourth-order valence-corrected chi connectivity index (χ4v) is 7.01. The van der Waals surface area contributed by atoms with Gasteiger partial charge in [0.1, 0.15) is 11.1 Å². The first-order chi connectivity index (χ1) is 13.2. The average molecular weight is 431 g/mol. The number of alkyl halides is 1. The Bertz CT molecular complexity index is 914. The number of rotatable bonds is 8. The molecule has 0 spiro atoms. The van der Waals surface area contributed by atoms with Crippen LogP contribution in [0, 0.1) is 11.3 Å². The summed E-state index contributed by atoms with van der Waals surface area (Å²) in [4.78, 5) is 16.1. The van der Waals surface area contributed by atoms with E-state index < -0.39 is 9.04 Å². The highest BCUT2D eigenvalue weighted by molar-refractivity contribution is 8.00. The molecule has 0 aliphatic carbocycles. The van der Waals surface area contributed by atoms with E-state index in [0.717, 1.165) is 34.2 Å². The monoisotopic (exact) mass is 430 g/mol. The third-order valence-corrected chi connectivity index (χ3v) is 9.05. The van der Waals surface area contributed by atoms with Crippen LogP contribution in [0.4, 0.5) is 0 Å². The maximum Gasteiger partial charge on any atom is 0.182 e. The van der Waals surface area contributed by atoms with Crippen molar-refractivity contribution in [3.63, 3.8) is 0 Å². The van der Waals surface area contributed by atoms with Crippen LogP contribution >= 0.6 is 34.7 Å². The van der Waals surface area contributed by atoms with E-state index in [0.29, 0.717) is 21.8 Å². The van der Waals surface area contributed by atoms with Crippen LogP contribution in [-0.2, 0) is 0 Å². The fraction of sp³-hybridized carbons (Fsp3) is 0.200. The minimum absolute atomic E-state index is 0.572. The highest BCUT2D eigenvalue weighted by atomic mass is 35.5. The Morgan fingerprint density at radius 3 is 2.70 bits per heavy atom. The second-order valence-corrected chi connectivity index (χ2v) is 11.2. The van der Waals surface area contributed by atoms with Crippen molar-refractivity contribution in [1.82, 2.24) is 4.98 Å². The van der Waals surface area contributed by atoms with Gasteiger partial charge in [-0.15, -0.1) is 34.7 Å². The van der Waals surface area contributed by atoms with Crippen molar-refractivity contribution in [3.8, 4) is 27.8 Å². The molecule has 3 nitrogen and oxygen atoms in total. The highest BCUT2D eigenvalue weighted by Gasteiger charge is 2.18. The largest absolute Gasteiger partial charge is 0.434 e. The molecule has 138 valence electrons. The van der Waals surface area contributed by atoms with Crippen LogP contribution in [0.25, 0.3) is 21.7 Å². The smallest absolute Gasteiger partial charge is 0.182 e. The molecule has 0 aliphatic heterocycles. The van der Waals surface area contributed by atoms with Crippen LogP contribution in [-0.4, -0.2) is 30.1 Å². The normalized spacial score (nSPS) is 11.9. The summed E-state index contributed by atoms with van der Waals surface area (Å²) in [6.07, 6.45) is 0.832. The highest BCUT2D eigenvalue weighted by Crippen LogP contribution is 2.35. The molecule has 0 saturated heterocycles. The molecule has 27 heavy (non-hydrogen) atoms. The van der Waals surface area contributed by atoms with Gasteiger partial charge in [0.25, 0.3) is 0 Å². The summed E-state index contributed by atoms with van der Waals surface area (Å²) < 4.78 is 0. The maximum absolute atomic E-state index is 10.3. The molecule has 1 atom stereocenters. The second kappa shape index (κ2) is 10.1. The Kier molecular flexibility index (Phi) is 7.50. The lowest BCUT2D eigenvalue weighted by molar-refractivity contribution is 0.573. The number of halogens is 1. The van der Waals surface area contributed by atoms with Crippen molar-refractivity contribution in [1.29, 1.82) is 5.26 Å². The van der Waals surface area contributed by atoms with E-state index in [1.165, 1.54) is 11.8 Å². The quantitative estimate of drug-likeness (QED) is 0.298. The molecule has 3 aromatic rings. The SMILES string of the molecule is N#Cc1c(-c2ccccc2)cc(-c2cccs2)nc1SC[SiH](O)CCCCl. The molecule has 0 amide bonds. The third-order valence-electron chi connectivity index (χ3n) is 4.04. The summed E-state index contributed by atoms with van der Waals surface area (Å²) in [6.45, 7) is 0. The zero-order valence-electron chi connectivity index (χ0n) is 14.6. The van der Waals surface area contributed by atoms with Gasteiger partial charge in [-0.3, -0.25) is 0 Å². The zero-order chi connectivity index (χ0) is 19.1. The van der Waals surface area contributed by atoms with Gasteiger partial charge in [0.05, 0.1) is 16.1 Å². The molecule has 2 aromatic heterocycles. The first-order valence-corrected chi connectivity index (χ1v) is 13.2. The molecule has 1 unspecified atom stereocenters. The number of thioether (sulfide) groups is 1. The molecular formula is C20H19ClN2OS2Si. The number of pyridine rings is 1. The molecule has 1 aromatic carbocycles. The summed E-state index contributed by atoms with van der Waals surface area (Å²) >= 11 is 8.84. The number of hydrogen-bond acceptors (Lipinski definition) is 5. The van der Waals surface area contributed by atoms with E-state index in [2.05, 4.69) is 6.07 Å². The molecule has 0 radical (unpaired) electrons. The standard InChI is InChI=1S/C20H19ClN2OS2Si/c21-9-5-11-27(24)14-26-20-17(13-22)16(15-6-2-1-3-7-15)12-18(23-20)19-8-4-10-25-19/h1-4,6-8,10,12,24,27H,5,9,11,14H2. The Labute approximate surface area is 174 Å². The van der Waals surface area contributed by atoms with Crippen LogP contribution in [0.15, 0.2) is 58.9 Å². The lowest BCUT2D eigenvalue weighted by Gasteiger charge is -2.13. The van der Waals surface area contributed by atoms with Crippen molar-refractivity contribution in [2.45, 2.75) is 17.5 Å². The van der Waals surface area contributed by atoms with Gasteiger partial charge in [-0.2, -0.15) is 5.26 Å². The molecule has 0 saturated carbocycles. The molecule has 3 rings (SSSR count). The van der Waals surface area contributed by atoms with E-state index in [-0.39, 0.29) is 0 Å². The van der Waals surface area contributed by atoms with Gasteiger partial charge in [0, 0.05) is 16.8 Å². The van der Waals surface area contributed by atoms with E-state index in [9.17, 15) is 10.1 Å². The van der Waals surface area contributed by atoms with Crippen LogP contribution in [0.5, 0.6) is 0 Å². The zero-order valence-corrected chi connectivity index (χ0v) is 18.2. The Balaban J connectivity index is 2.00. The van der Waals surface area contributed by atoms with Gasteiger partial charge < -0.3 is 4.80 Å². The Hall–Kier alpha value is -1.62. The Morgan fingerprint density at radius 2 is 2.04 bits per heavy atom. The minimum atomic E-state index is -1.86.